The van der Waals surface area contributed by atoms with E-state index >= 15 is 0 Å². The zero-order valence-electron chi connectivity index (χ0n) is 13.4. The van der Waals surface area contributed by atoms with Crippen molar-refractivity contribution in [3.05, 3.63) is 47.7 Å². The molecular weight excluding hydrogens is 292 g/mol. The van der Waals surface area contributed by atoms with Crippen molar-refractivity contribution >= 4 is 5.91 Å². The van der Waals surface area contributed by atoms with Crippen LogP contribution in [-0.2, 0) is 0 Å². The number of carbonyl (C=O) groups is 1. The molecule has 0 unspecified atom stereocenters. The van der Waals surface area contributed by atoms with Gasteiger partial charge < -0.3 is 9.64 Å². The van der Waals surface area contributed by atoms with E-state index in [-0.39, 0.29) is 11.8 Å². The van der Waals surface area contributed by atoms with Crippen LogP contribution in [0.25, 0.3) is 0 Å². The van der Waals surface area contributed by atoms with Gasteiger partial charge in [-0.1, -0.05) is 0 Å². The molecule has 0 aliphatic carbocycles. The summed E-state index contributed by atoms with van der Waals surface area (Å²) in [6.45, 7) is 5.64. The van der Waals surface area contributed by atoms with E-state index in [9.17, 15) is 4.79 Å². The zero-order chi connectivity index (χ0) is 16.2. The van der Waals surface area contributed by atoms with Crippen molar-refractivity contribution in [2.24, 2.45) is 0 Å². The molecule has 1 atom stereocenters. The van der Waals surface area contributed by atoms with E-state index in [2.05, 4.69) is 15.0 Å². The second-order valence-electron chi connectivity index (χ2n) is 5.58. The van der Waals surface area contributed by atoms with Crippen LogP contribution >= 0.6 is 0 Å². The highest BCUT2D eigenvalue weighted by Gasteiger charge is 2.31. The molecule has 0 aromatic carbocycles. The standard InChI is InChI=1S/C17H20N4O2/c1-3-23-16-14(5-4-8-19-16)17(22)21-10-7-13(11-21)15-18-9-6-12(2)20-15/h4-6,8-9,13H,3,7,10-11H2,1-2H3/t13-/m0/s1. The van der Waals surface area contributed by atoms with Crippen molar-refractivity contribution in [3.63, 3.8) is 0 Å². The Kier molecular flexibility index (Phi) is 4.50. The molecule has 0 spiro atoms. The molecular formula is C17H20N4O2. The van der Waals surface area contributed by atoms with Crippen molar-refractivity contribution in [2.45, 2.75) is 26.2 Å². The Morgan fingerprint density at radius 3 is 3.00 bits per heavy atom. The number of pyridine rings is 1. The Bertz CT molecular complexity index is 704. The molecule has 2 aromatic heterocycles. The first kappa shape index (κ1) is 15.4. The van der Waals surface area contributed by atoms with E-state index in [4.69, 9.17) is 4.74 Å². The maximum absolute atomic E-state index is 12.8. The number of aryl methyl sites for hydroxylation is 1. The number of ether oxygens (including phenoxy) is 1. The van der Waals surface area contributed by atoms with E-state index in [1.54, 1.807) is 24.5 Å². The van der Waals surface area contributed by atoms with Crippen molar-refractivity contribution in [1.82, 2.24) is 19.9 Å². The molecule has 0 bridgehead atoms. The van der Waals surface area contributed by atoms with E-state index in [1.807, 2.05) is 24.8 Å². The first-order valence-electron chi connectivity index (χ1n) is 7.85. The van der Waals surface area contributed by atoms with Gasteiger partial charge in [-0.25, -0.2) is 15.0 Å². The molecule has 0 saturated carbocycles. The highest BCUT2D eigenvalue weighted by atomic mass is 16.5. The highest BCUT2D eigenvalue weighted by Crippen LogP contribution is 2.27. The van der Waals surface area contributed by atoms with Gasteiger partial charge in [0, 0.05) is 37.1 Å². The monoisotopic (exact) mass is 312 g/mol. The van der Waals surface area contributed by atoms with Gasteiger partial charge in [0.15, 0.2) is 0 Å². The summed E-state index contributed by atoms with van der Waals surface area (Å²) in [7, 11) is 0. The van der Waals surface area contributed by atoms with E-state index in [0.29, 0.717) is 31.1 Å². The van der Waals surface area contributed by atoms with E-state index in [0.717, 1.165) is 17.9 Å². The maximum Gasteiger partial charge on any atom is 0.259 e. The van der Waals surface area contributed by atoms with Gasteiger partial charge in [-0.3, -0.25) is 4.79 Å². The SMILES string of the molecule is CCOc1ncccc1C(=O)N1CC[C@H](c2nccc(C)n2)C1. The largest absolute Gasteiger partial charge is 0.477 e. The fourth-order valence-corrected chi connectivity index (χ4v) is 2.80. The third kappa shape index (κ3) is 3.31. The van der Waals surface area contributed by atoms with E-state index in [1.165, 1.54) is 0 Å². The van der Waals surface area contributed by atoms with Gasteiger partial charge in [-0.05, 0) is 38.5 Å². The van der Waals surface area contributed by atoms with Crippen LogP contribution in [0.1, 0.15) is 41.1 Å². The van der Waals surface area contributed by atoms with Crippen LogP contribution in [0.5, 0.6) is 5.88 Å². The molecule has 1 saturated heterocycles. The minimum absolute atomic E-state index is 0.0447. The van der Waals surface area contributed by atoms with Crippen molar-refractivity contribution < 1.29 is 9.53 Å². The van der Waals surface area contributed by atoms with Gasteiger partial charge in [0.2, 0.25) is 5.88 Å². The van der Waals surface area contributed by atoms with E-state index < -0.39 is 0 Å². The third-order valence-electron chi connectivity index (χ3n) is 3.94. The minimum Gasteiger partial charge on any atom is -0.477 e. The topological polar surface area (TPSA) is 68.2 Å². The van der Waals surface area contributed by atoms with Crippen molar-refractivity contribution in [1.29, 1.82) is 0 Å². The molecule has 2 aromatic rings. The third-order valence-corrected chi connectivity index (χ3v) is 3.94. The van der Waals surface area contributed by atoms with Crippen LogP contribution in [0.2, 0.25) is 0 Å². The number of carbonyl (C=O) groups excluding carboxylic acids is 1. The average Bonchev–Trinajstić information content (AvgIpc) is 3.05. The lowest BCUT2D eigenvalue weighted by Crippen LogP contribution is -2.29. The summed E-state index contributed by atoms with van der Waals surface area (Å²) in [6, 6.07) is 5.40. The summed E-state index contributed by atoms with van der Waals surface area (Å²) in [4.78, 5) is 27.6. The Balaban J connectivity index is 1.75. The normalized spacial score (nSPS) is 17.3. The van der Waals surface area contributed by atoms with Crippen LogP contribution in [0.3, 0.4) is 0 Å². The lowest BCUT2D eigenvalue weighted by Gasteiger charge is -2.17. The first-order valence-corrected chi connectivity index (χ1v) is 7.85. The molecule has 0 N–H and O–H groups in total. The summed E-state index contributed by atoms with van der Waals surface area (Å²) in [5.74, 6) is 1.36. The molecule has 6 heteroatoms. The Morgan fingerprint density at radius 2 is 2.22 bits per heavy atom. The van der Waals surface area contributed by atoms with Gasteiger partial charge in [0.1, 0.15) is 11.4 Å². The average molecular weight is 312 g/mol. The number of aromatic nitrogens is 3. The molecule has 0 radical (unpaired) electrons. The summed E-state index contributed by atoms with van der Waals surface area (Å²) in [5, 5.41) is 0. The fraction of sp³-hybridized carbons (Fsp3) is 0.412. The van der Waals surface area contributed by atoms with Gasteiger partial charge in [0.05, 0.1) is 6.61 Å². The lowest BCUT2D eigenvalue weighted by atomic mass is 10.1. The number of hydrogen-bond donors (Lipinski definition) is 0. The van der Waals surface area contributed by atoms with Crippen LogP contribution in [0.15, 0.2) is 30.6 Å². The minimum atomic E-state index is -0.0447. The maximum atomic E-state index is 12.8. The second-order valence-corrected chi connectivity index (χ2v) is 5.58. The molecule has 3 heterocycles. The summed E-state index contributed by atoms with van der Waals surface area (Å²) < 4.78 is 5.46. The Labute approximate surface area is 135 Å². The lowest BCUT2D eigenvalue weighted by molar-refractivity contribution is 0.0785. The van der Waals surface area contributed by atoms with Crippen LogP contribution in [0.4, 0.5) is 0 Å². The summed E-state index contributed by atoms with van der Waals surface area (Å²) >= 11 is 0. The Morgan fingerprint density at radius 1 is 1.35 bits per heavy atom. The number of hydrogen-bond acceptors (Lipinski definition) is 5. The van der Waals surface area contributed by atoms with Crippen LogP contribution < -0.4 is 4.74 Å². The molecule has 1 aliphatic rings. The second kappa shape index (κ2) is 6.73. The molecule has 1 aliphatic heterocycles. The van der Waals surface area contributed by atoms with Crippen LogP contribution in [0, 0.1) is 6.92 Å². The zero-order valence-corrected chi connectivity index (χ0v) is 13.4. The quantitative estimate of drug-likeness (QED) is 0.866. The number of rotatable bonds is 4. The molecule has 23 heavy (non-hydrogen) atoms. The van der Waals surface area contributed by atoms with Gasteiger partial charge >= 0.3 is 0 Å². The first-order chi connectivity index (χ1) is 11.2. The van der Waals surface area contributed by atoms with Crippen LogP contribution in [-0.4, -0.2) is 45.5 Å². The summed E-state index contributed by atoms with van der Waals surface area (Å²) in [6.07, 6.45) is 4.28. The van der Waals surface area contributed by atoms with Gasteiger partial charge in [0.25, 0.3) is 5.91 Å². The summed E-state index contributed by atoms with van der Waals surface area (Å²) in [5.41, 5.74) is 1.46. The molecule has 3 rings (SSSR count). The number of nitrogens with zero attached hydrogens (tertiary/aromatic N) is 4. The predicted molar refractivity (Wildman–Crippen MR) is 85.4 cm³/mol. The fourth-order valence-electron chi connectivity index (χ4n) is 2.80. The smallest absolute Gasteiger partial charge is 0.259 e. The van der Waals surface area contributed by atoms with Gasteiger partial charge in [-0.15, -0.1) is 0 Å². The molecule has 6 nitrogen and oxygen atoms in total. The molecule has 1 amide bonds. The molecule has 120 valence electrons. The number of likely N-dealkylation sites (tertiary alicyclic amines) is 1. The Hall–Kier alpha value is -2.50. The number of amides is 1. The van der Waals surface area contributed by atoms with Crippen molar-refractivity contribution in [3.8, 4) is 5.88 Å². The molecule has 1 fully saturated rings. The van der Waals surface area contributed by atoms with Gasteiger partial charge in [-0.2, -0.15) is 0 Å². The predicted octanol–water partition coefficient (Wildman–Crippen LogP) is 2.21. The highest BCUT2D eigenvalue weighted by molar-refractivity contribution is 5.96. The van der Waals surface area contributed by atoms with Crippen molar-refractivity contribution in [2.75, 3.05) is 19.7 Å².